The maximum absolute atomic E-state index is 9.53. The normalized spacial score (nSPS) is 22.9. The third-order valence-electron chi connectivity index (χ3n) is 5.93. The fraction of sp³-hybridized carbons (Fsp3) is 0.571. The first kappa shape index (κ1) is 17.7. The van der Waals surface area contributed by atoms with Gasteiger partial charge in [0.1, 0.15) is 0 Å². The van der Waals surface area contributed by atoms with Crippen LogP contribution in [0.15, 0.2) is 42.7 Å². The van der Waals surface area contributed by atoms with E-state index < -0.39 is 0 Å². The summed E-state index contributed by atoms with van der Waals surface area (Å²) in [7, 11) is 0. The minimum atomic E-state index is 0.285. The smallest absolute Gasteiger partial charge is 0.0645 e. The van der Waals surface area contributed by atoms with E-state index in [1.807, 2.05) is 29.1 Å². The third-order valence-corrected chi connectivity index (χ3v) is 5.93. The number of para-hydroxylation sites is 1. The van der Waals surface area contributed by atoms with Crippen LogP contribution < -0.4 is 0 Å². The maximum Gasteiger partial charge on any atom is 0.0645 e. The monoisotopic (exact) mass is 354 g/mol. The van der Waals surface area contributed by atoms with Crippen molar-refractivity contribution < 1.29 is 5.11 Å². The van der Waals surface area contributed by atoms with Gasteiger partial charge in [0.25, 0.3) is 0 Å². The number of benzene rings is 1. The predicted molar refractivity (Wildman–Crippen MR) is 103 cm³/mol. The molecule has 4 rings (SSSR count). The summed E-state index contributed by atoms with van der Waals surface area (Å²) in [6, 6.07) is 11.5. The standard InChI is InChI=1S/C21H30N4O/c26-13-10-21-17-23(11-12-24(21)19-6-4-5-7-19)15-18-14-22-25(16-18)20-8-2-1-3-9-20/h1-3,8-9,14,16,19,21,26H,4-7,10-13,15,17H2. The second-order valence-corrected chi connectivity index (χ2v) is 7.71. The molecule has 5 heteroatoms. The number of aliphatic hydroxyl groups excluding tert-OH is 1. The van der Waals surface area contributed by atoms with Crippen LogP contribution in [0.25, 0.3) is 5.69 Å². The van der Waals surface area contributed by atoms with Crippen molar-refractivity contribution >= 4 is 0 Å². The van der Waals surface area contributed by atoms with Gasteiger partial charge in [0, 0.05) is 56.6 Å². The van der Waals surface area contributed by atoms with Gasteiger partial charge in [-0.05, 0) is 31.4 Å². The van der Waals surface area contributed by atoms with Gasteiger partial charge in [-0.15, -0.1) is 0 Å². The Bertz CT molecular complexity index is 680. The Kier molecular flexibility index (Phi) is 5.68. The van der Waals surface area contributed by atoms with Gasteiger partial charge in [-0.2, -0.15) is 5.10 Å². The molecule has 1 aromatic heterocycles. The van der Waals surface area contributed by atoms with E-state index in [1.165, 1.54) is 31.2 Å². The van der Waals surface area contributed by atoms with Crippen LogP contribution in [0, 0.1) is 0 Å². The number of piperazine rings is 1. The summed E-state index contributed by atoms with van der Waals surface area (Å²) in [5.74, 6) is 0. The SMILES string of the molecule is OCCC1CN(Cc2cnn(-c3ccccc3)c2)CCN1C1CCCC1. The van der Waals surface area contributed by atoms with E-state index in [9.17, 15) is 5.11 Å². The fourth-order valence-corrected chi connectivity index (χ4v) is 4.62. The second kappa shape index (κ2) is 8.33. The molecule has 0 bridgehead atoms. The van der Waals surface area contributed by atoms with Gasteiger partial charge in [-0.3, -0.25) is 9.80 Å². The summed E-state index contributed by atoms with van der Waals surface area (Å²) in [5, 5.41) is 14.1. The largest absolute Gasteiger partial charge is 0.396 e. The molecule has 2 fully saturated rings. The minimum absolute atomic E-state index is 0.285. The maximum atomic E-state index is 9.53. The van der Waals surface area contributed by atoms with Crippen LogP contribution in [-0.2, 0) is 6.54 Å². The van der Waals surface area contributed by atoms with Crippen molar-refractivity contribution in [1.29, 1.82) is 0 Å². The van der Waals surface area contributed by atoms with Gasteiger partial charge in [-0.1, -0.05) is 31.0 Å². The van der Waals surface area contributed by atoms with E-state index in [0.29, 0.717) is 6.04 Å². The molecule has 1 aliphatic heterocycles. The van der Waals surface area contributed by atoms with Crippen molar-refractivity contribution in [3.8, 4) is 5.69 Å². The number of aliphatic hydroxyl groups is 1. The van der Waals surface area contributed by atoms with Crippen molar-refractivity contribution in [3.63, 3.8) is 0 Å². The highest BCUT2D eigenvalue weighted by molar-refractivity contribution is 5.30. The quantitative estimate of drug-likeness (QED) is 0.866. The first-order valence-corrected chi connectivity index (χ1v) is 10.0. The molecule has 1 aromatic carbocycles. The average Bonchev–Trinajstić information content (AvgIpc) is 3.35. The van der Waals surface area contributed by atoms with Crippen molar-refractivity contribution in [3.05, 3.63) is 48.3 Å². The Morgan fingerprint density at radius 2 is 1.88 bits per heavy atom. The van der Waals surface area contributed by atoms with Gasteiger partial charge >= 0.3 is 0 Å². The molecule has 2 aromatic rings. The lowest BCUT2D eigenvalue weighted by Crippen LogP contribution is -2.55. The molecule has 2 aliphatic rings. The summed E-state index contributed by atoms with van der Waals surface area (Å²) in [6.45, 7) is 4.51. The van der Waals surface area contributed by atoms with E-state index in [-0.39, 0.29) is 6.61 Å². The Balaban J connectivity index is 1.39. The molecule has 1 saturated carbocycles. The molecule has 0 radical (unpaired) electrons. The molecule has 1 saturated heterocycles. The highest BCUT2D eigenvalue weighted by Gasteiger charge is 2.32. The van der Waals surface area contributed by atoms with Crippen molar-refractivity contribution in [2.24, 2.45) is 0 Å². The summed E-state index contributed by atoms with van der Waals surface area (Å²) >= 11 is 0. The van der Waals surface area contributed by atoms with Crippen LogP contribution in [0.1, 0.15) is 37.7 Å². The predicted octanol–water partition coefficient (Wildman–Crippen LogP) is 2.68. The molecular weight excluding hydrogens is 324 g/mol. The molecular formula is C21H30N4O. The lowest BCUT2D eigenvalue weighted by atomic mass is 10.0. The van der Waals surface area contributed by atoms with Crippen molar-refractivity contribution in [1.82, 2.24) is 19.6 Å². The van der Waals surface area contributed by atoms with Crippen LogP contribution in [0.5, 0.6) is 0 Å². The van der Waals surface area contributed by atoms with Crippen molar-refractivity contribution in [2.75, 3.05) is 26.2 Å². The fourth-order valence-electron chi connectivity index (χ4n) is 4.62. The Morgan fingerprint density at radius 3 is 2.65 bits per heavy atom. The zero-order chi connectivity index (χ0) is 17.8. The second-order valence-electron chi connectivity index (χ2n) is 7.71. The van der Waals surface area contributed by atoms with E-state index in [4.69, 9.17) is 0 Å². The number of hydrogen-bond acceptors (Lipinski definition) is 4. The van der Waals surface area contributed by atoms with Gasteiger partial charge in [-0.25, -0.2) is 4.68 Å². The number of rotatable bonds is 6. The van der Waals surface area contributed by atoms with Gasteiger partial charge in [0.15, 0.2) is 0 Å². The van der Waals surface area contributed by atoms with E-state index in [2.05, 4.69) is 33.2 Å². The molecule has 140 valence electrons. The van der Waals surface area contributed by atoms with Crippen molar-refractivity contribution in [2.45, 2.75) is 50.7 Å². The number of aromatic nitrogens is 2. The van der Waals surface area contributed by atoms with Crippen LogP contribution in [0.3, 0.4) is 0 Å². The van der Waals surface area contributed by atoms with Gasteiger partial charge in [0.2, 0.25) is 0 Å². The van der Waals surface area contributed by atoms with Gasteiger partial charge < -0.3 is 5.11 Å². The Hall–Kier alpha value is -1.69. The summed E-state index contributed by atoms with van der Waals surface area (Å²) in [6.07, 6.45) is 10.4. The molecule has 26 heavy (non-hydrogen) atoms. The molecule has 2 heterocycles. The lowest BCUT2D eigenvalue weighted by Gasteiger charge is -2.44. The van der Waals surface area contributed by atoms with Gasteiger partial charge in [0.05, 0.1) is 11.9 Å². The molecule has 1 unspecified atom stereocenters. The summed E-state index contributed by atoms with van der Waals surface area (Å²) < 4.78 is 1.95. The Morgan fingerprint density at radius 1 is 1.08 bits per heavy atom. The van der Waals surface area contributed by atoms with Crippen LogP contribution in [0.2, 0.25) is 0 Å². The van der Waals surface area contributed by atoms with Crippen LogP contribution in [-0.4, -0.2) is 63.0 Å². The third kappa shape index (κ3) is 4.00. The summed E-state index contributed by atoms with van der Waals surface area (Å²) in [5.41, 5.74) is 2.36. The number of hydrogen-bond donors (Lipinski definition) is 1. The lowest BCUT2D eigenvalue weighted by molar-refractivity contribution is 0.0267. The van der Waals surface area contributed by atoms with E-state index >= 15 is 0 Å². The molecule has 1 atom stereocenters. The molecule has 0 spiro atoms. The number of nitrogens with zero attached hydrogens (tertiary/aromatic N) is 4. The molecule has 1 N–H and O–H groups in total. The zero-order valence-corrected chi connectivity index (χ0v) is 15.5. The average molecular weight is 354 g/mol. The van der Waals surface area contributed by atoms with Crippen LogP contribution in [0.4, 0.5) is 0 Å². The summed E-state index contributed by atoms with van der Waals surface area (Å²) in [4.78, 5) is 5.21. The molecule has 1 aliphatic carbocycles. The van der Waals surface area contributed by atoms with E-state index in [1.54, 1.807) is 0 Å². The van der Waals surface area contributed by atoms with Crippen LogP contribution >= 0.6 is 0 Å². The highest BCUT2D eigenvalue weighted by Crippen LogP contribution is 2.28. The highest BCUT2D eigenvalue weighted by atomic mass is 16.3. The zero-order valence-electron chi connectivity index (χ0n) is 15.5. The minimum Gasteiger partial charge on any atom is -0.396 e. The van der Waals surface area contributed by atoms with E-state index in [0.717, 1.165) is 44.3 Å². The Labute approximate surface area is 156 Å². The first-order chi connectivity index (χ1) is 12.8. The topological polar surface area (TPSA) is 44.5 Å². The molecule has 5 nitrogen and oxygen atoms in total. The molecule has 0 amide bonds. The first-order valence-electron chi connectivity index (χ1n) is 10.0.